The van der Waals surface area contributed by atoms with Gasteiger partial charge in [0.15, 0.2) is 0 Å². The summed E-state index contributed by atoms with van der Waals surface area (Å²) in [5.41, 5.74) is -0.446. The van der Waals surface area contributed by atoms with Crippen LogP contribution in [0.15, 0.2) is 39.9 Å². The molecule has 0 aliphatic carbocycles. The molecule has 25 heavy (non-hydrogen) atoms. The van der Waals surface area contributed by atoms with Gasteiger partial charge >= 0.3 is 11.7 Å². The first-order valence-corrected chi connectivity index (χ1v) is 8.98. The van der Waals surface area contributed by atoms with Crippen LogP contribution >= 0.6 is 0 Å². The largest absolute Gasteiger partial charge is 0.456 e. The lowest BCUT2D eigenvalue weighted by molar-refractivity contribution is 0.0462. The Kier molecular flexibility index (Phi) is 5.12. The Balaban J connectivity index is 2.18. The maximum atomic E-state index is 12.1. The SMILES string of the molecule is Cn1c(COC(=O)c2cccc(NS(C)(=O)=O)c2)cc(=O)n(C)c1=O. The molecule has 0 atom stereocenters. The van der Waals surface area contributed by atoms with E-state index in [9.17, 15) is 22.8 Å². The number of aromatic nitrogens is 2. The summed E-state index contributed by atoms with van der Waals surface area (Å²) in [5.74, 6) is -0.717. The molecule has 0 saturated heterocycles. The lowest BCUT2D eigenvalue weighted by Crippen LogP contribution is -2.38. The van der Waals surface area contributed by atoms with Gasteiger partial charge in [-0.3, -0.25) is 18.7 Å². The van der Waals surface area contributed by atoms with Crippen molar-refractivity contribution in [2.75, 3.05) is 11.0 Å². The van der Waals surface area contributed by atoms with Gasteiger partial charge in [0.25, 0.3) is 5.56 Å². The fourth-order valence-corrected chi connectivity index (χ4v) is 2.62. The van der Waals surface area contributed by atoms with E-state index in [0.717, 1.165) is 10.8 Å². The Morgan fingerprint density at radius 3 is 2.48 bits per heavy atom. The number of nitrogens with one attached hydrogen (secondary N) is 1. The molecule has 1 aromatic heterocycles. The van der Waals surface area contributed by atoms with E-state index >= 15 is 0 Å². The average Bonchev–Trinajstić information content (AvgIpc) is 2.53. The van der Waals surface area contributed by atoms with Crippen molar-refractivity contribution in [1.29, 1.82) is 0 Å². The molecule has 1 N–H and O–H groups in total. The van der Waals surface area contributed by atoms with E-state index in [0.29, 0.717) is 0 Å². The van der Waals surface area contributed by atoms with Crippen LogP contribution < -0.4 is 16.0 Å². The van der Waals surface area contributed by atoms with E-state index in [1.807, 2.05) is 0 Å². The van der Waals surface area contributed by atoms with Crippen LogP contribution in [0.4, 0.5) is 5.69 Å². The summed E-state index contributed by atoms with van der Waals surface area (Å²) in [4.78, 5) is 35.6. The molecule has 134 valence electrons. The first-order chi connectivity index (χ1) is 11.6. The van der Waals surface area contributed by atoms with Gasteiger partial charge in [0.2, 0.25) is 10.0 Å². The molecular formula is C15H17N3O6S. The highest BCUT2D eigenvalue weighted by Crippen LogP contribution is 2.13. The summed E-state index contributed by atoms with van der Waals surface area (Å²) in [6.07, 6.45) is 0.994. The van der Waals surface area contributed by atoms with Crippen molar-refractivity contribution in [1.82, 2.24) is 9.13 Å². The Morgan fingerprint density at radius 1 is 1.16 bits per heavy atom. The molecule has 2 aromatic rings. The highest BCUT2D eigenvalue weighted by molar-refractivity contribution is 7.92. The van der Waals surface area contributed by atoms with Crippen LogP contribution in [-0.4, -0.2) is 29.8 Å². The van der Waals surface area contributed by atoms with Crippen molar-refractivity contribution in [3.8, 4) is 0 Å². The van der Waals surface area contributed by atoms with Crippen molar-refractivity contribution in [3.63, 3.8) is 0 Å². The molecule has 0 saturated carbocycles. The van der Waals surface area contributed by atoms with Crippen molar-refractivity contribution < 1.29 is 17.9 Å². The van der Waals surface area contributed by atoms with Gasteiger partial charge in [0, 0.05) is 25.8 Å². The minimum Gasteiger partial charge on any atom is -0.456 e. The van der Waals surface area contributed by atoms with E-state index in [-0.39, 0.29) is 23.6 Å². The fourth-order valence-electron chi connectivity index (χ4n) is 2.06. The van der Waals surface area contributed by atoms with E-state index in [2.05, 4.69) is 4.72 Å². The standard InChI is InChI=1S/C15H17N3O6S/c1-17-12(8-13(19)18(2)15(17)21)9-24-14(20)10-5-4-6-11(7-10)16-25(3,22)23/h4-8,16H,9H2,1-3H3. The molecule has 0 spiro atoms. The number of nitrogens with zero attached hydrogens (tertiary/aromatic N) is 2. The summed E-state index contributed by atoms with van der Waals surface area (Å²) in [7, 11) is -0.663. The number of hydrogen-bond acceptors (Lipinski definition) is 6. The predicted octanol–water partition coefficient (Wildman–Crippen LogP) is -0.187. The number of carbonyl (C=O) groups is 1. The Morgan fingerprint density at radius 2 is 1.84 bits per heavy atom. The van der Waals surface area contributed by atoms with E-state index < -0.39 is 27.2 Å². The molecule has 0 fully saturated rings. The number of sulfonamides is 1. The average molecular weight is 367 g/mol. The molecule has 0 aliphatic heterocycles. The zero-order chi connectivity index (χ0) is 18.8. The molecule has 1 aromatic carbocycles. The summed E-state index contributed by atoms with van der Waals surface area (Å²) < 4.78 is 32.0. The number of hydrogen-bond donors (Lipinski definition) is 1. The van der Waals surface area contributed by atoms with Crippen LogP contribution in [0.3, 0.4) is 0 Å². The lowest BCUT2D eigenvalue weighted by Gasteiger charge is -2.10. The van der Waals surface area contributed by atoms with Crippen molar-refractivity contribution >= 4 is 21.7 Å². The van der Waals surface area contributed by atoms with Crippen LogP contribution in [-0.2, 0) is 35.5 Å². The second kappa shape index (κ2) is 6.93. The normalized spacial score (nSPS) is 11.2. The van der Waals surface area contributed by atoms with Crippen molar-refractivity contribution in [2.45, 2.75) is 6.61 Å². The zero-order valence-electron chi connectivity index (χ0n) is 13.8. The fraction of sp³-hybridized carbons (Fsp3) is 0.267. The zero-order valence-corrected chi connectivity index (χ0v) is 14.7. The Labute approximate surface area is 143 Å². The highest BCUT2D eigenvalue weighted by Gasteiger charge is 2.12. The molecule has 0 unspecified atom stereocenters. The molecule has 0 amide bonds. The van der Waals surface area contributed by atoms with Crippen LogP contribution in [0.2, 0.25) is 0 Å². The number of anilines is 1. The number of carbonyl (C=O) groups excluding carboxylic acids is 1. The summed E-state index contributed by atoms with van der Waals surface area (Å²) in [6, 6.07) is 6.97. The molecule has 2 rings (SSSR count). The predicted molar refractivity (Wildman–Crippen MR) is 91.0 cm³/mol. The van der Waals surface area contributed by atoms with Crippen LogP contribution in [0.5, 0.6) is 0 Å². The lowest BCUT2D eigenvalue weighted by atomic mass is 10.2. The van der Waals surface area contributed by atoms with Crippen LogP contribution in [0.25, 0.3) is 0 Å². The maximum Gasteiger partial charge on any atom is 0.338 e. The summed E-state index contributed by atoms with van der Waals surface area (Å²) in [6.45, 7) is -0.273. The van der Waals surface area contributed by atoms with Gasteiger partial charge in [0.05, 0.1) is 17.5 Å². The monoisotopic (exact) mass is 367 g/mol. The molecule has 9 nitrogen and oxygen atoms in total. The number of benzene rings is 1. The number of rotatable bonds is 5. The van der Waals surface area contributed by atoms with Crippen molar-refractivity contribution in [2.24, 2.45) is 14.1 Å². The molecular weight excluding hydrogens is 350 g/mol. The maximum absolute atomic E-state index is 12.1. The summed E-state index contributed by atoms with van der Waals surface area (Å²) >= 11 is 0. The van der Waals surface area contributed by atoms with Crippen molar-refractivity contribution in [3.05, 3.63) is 62.4 Å². The second-order valence-corrected chi connectivity index (χ2v) is 7.15. The summed E-state index contributed by atoms with van der Waals surface area (Å²) in [5, 5.41) is 0. The van der Waals surface area contributed by atoms with Crippen LogP contribution in [0.1, 0.15) is 16.1 Å². The minimum absolute atomic E-state index is 0.127. The quantitative estimate of drug-likeness (QED) is 0.733. The Hall–Kier alpha value is -2.88. The van der Waals surface area contributed by atoms with Gasteiger partial charge in [-0.05, 0) is 18.2 Å². The number of esters is 1. The first kappa shape index (κ1) is 18.5. The second-order valence-electron chi connectivity index (χ2n) is 5.41. The van der Waals surface area contributed by atoms with Crippen LogP contribution in [0, 0.1) is 0 Å². The van der Waals surface area contributed by atoms with Gasteiger partial charge in [0.1, 0.15) is 6.61 Å². The molecule has 10 heteroatoms. The van der Waals surface area contributed by atoms with Gasteiger partial charge in [-0.15, -0.1) is 0 Å². The smallest absolute Gasteiger partial charge is 0.338 e. The minimum atomic E-state index is -3.47. The van der Waals surface area contributed by atoms with Gasteiger partial charge in [-0.1, -0.05) is 6.07 Å². The van der Waals surface area contributed by atoms with E-state index in [4.69, 9.17) is 4.74 Å². The van der Waals surface area contributed by atoms with E-state index in [1.54, 1.807) is 0 Å². The first-order valence-electron chi connectivity index (χ1n) is 7.09. The number of ether oxygens (including phenoxy) is 1. The molecule has 0 aliphatic rings. The topological polar surface area (TPSA) is 116 Å². The molecule has 0 bridgehead atoms. The third kappa shape index (κ3) is 4.57. The molecule has 0 radical (unpaired) electrons. The van der Waals surface area contributed by atoms with Gasteiger partial charge in [-0.25, -0.2) is 18.0 Å². The molecule has 1 heterocycles. The highest BCUT2D eigenvalue weighted by atomic mass is 32.2. The third-order valence-corrected chi connectivity index (χ3v) is 3.98. The van der Waals surface area contributed by atoms with E-state index in [1.165, 1.54) is 49.0 Å². The third-order valence-electron chi connectivity index (χ3n) is 3.38. The van der Waals surface area contributed by atoms with Gasteiger partial charge < -0.3 is 4.74 Å². The van der Waals surface area contributed by atoms with Gasteiger partial charge in [-0.2, -0.15) is 0 Å². The Bertz CT molecular complexity index is 1040.